The van der Waals surface area contributed by atoms with Gasteiger partial charge in [-0.1, -0.05) is 32.0 Å². The van der Waals surface area contributed by atoms with Crippen LogP contribution in [0.1, 0.15) is 38.8 Å². The Morgan fingerprint density at radius 1 is 1.37 bits per heavy atom. The van der Waals surface area contributed by atoms with E-state index < -0.39 is 0 Å². The quantitative estimate of drug-likeness (QED) is 0.904. The van der Waals surface area contributed by atoms with Gasteiger partial charge in [-0.05, 0) is 30.6 Å². The van der Waals surface area contributed by atoms with Crippen molar-refractivity contribution in [2.75, 3.05) is 18.6 Å². The Morgan fingerprint density at radius 3 is 2.79 bits per heavy atom. The van der Waals surface area contributed by atoms with Gasteiger partial charge in [0.1, 0.15) is 5.75 Å². The van der Waals surface area contributed by atoms with Crippen LogP contribution in [0.5, 0.6) is 5.75 Å². The van der Waals surface area contributed by atoms with Crippen molar-refractivity contribution in [3.8, 4) is 5.75 Å². The van der Waals surface area contributed by atoms with Gasteiger partial charge in [0.05, 0.1) is 7.11 Å². The van der Waals surface area contributed by atoms with E-state index in [1.165, 1.54) is 23.5 Å². The second kappa shape index (κ2) is 6.19. The van der Waals surface area contributed by atoms with Crippen LogP contribution in [0.25, 0.3) is 0 Å². The molecule has 1 saturated heterocycles. The summed E-state index contributed by atoms with van der Waals surface area (Å²) in [7, 11) is 1.74. The van der Waals surface area contributed by atoms with E-state index in [9.17, 15) is 0 Å². The number of para-hydroxylation sites is 1. The topological polar surface area (TPSA) is 21.3 Å². The fourth-order valence-electron chi connectivity index (χ4n) is 2.63. The molecule has 1 heterocycles. The molecule has 3 heteroatoms. The maximum absolute atomic E-state index is 5.46. The van der Waals surface area contributed by atoms with Gasteiger partial charge in [0, 0.05) is 23.4 Å². The Hall–Kier alpha value is -0.670. The maximum atomic E-state index is 5.46. The molecule has 0 spiro atoms. The first-order valence-corrected chi connectivity index (χ1v) is 8.17. The summed E-state index contributed by atoms with van der Waals surface area (Å²) in [6.45, 7) is 6.98. The fourth-order valence-corrected chi connectivity index (χ4v) is 4.25. The molecule has 0 aliphatic carbocycles. The summed E-state index contributed by atoms with van der Waals surface area (Å²) in [5.41, 5.74) is 1.62. The molecular weight excluding hydrogens is 254 g/mol. The SMILES string of the molecule is COc1ccccc1[C@H](C)NC1CSCCC1(C)C. The number of hydrogen-bond donors (Lipinski definition) is 1. The summed E-state index contributed by atoms with van der Waals surface area (Å²) >= 11 is 2.06. The van der Waals surface area contributed by atoms with Gasteiger partial charge in [-0.3, -0.25) is 0 Å². The van der Waals surface area contributed by atoms with E-state index >= 15 is 0 Å². The molecule has 1 aliphatic rings. The smallest absolute Gasteiger partial charge is 0.123 e. The molecular formula is C16H25NOS. The lowest BCUT2D eigenvalue weighted by molar-refractivity contribution is 0.230. The lowest BCUT2D eigenvalue weighted by Gasteiger charge is -2.40. The molecule has 2 atom stereocenters. The highest BCUT2D eigenvalue weighted by Crippen LogP contribution is 2.36. The van der Waals surface area contributed by atoms with Gasteiger partial charge in [0.2, 0.25) is 0 Å². The highest BCUT2D eigenvalue weighted by molar-refractivity contribution is 7.99. The highest BCUT2D eigenvalue weighted by Gasteiger charge is 2.33. The van der Waals surface area contributed by atoms with Crippen molar-refractivity contribution in [2.24, 2.45) is 5.41 Å². The summed E-state index contributed by atoms with van der Waals surface area (Å²) in [5, 5.41) is 3.80. The summed E-state index contributed by atoms with van der Waals surface area (Å²) < 4.78 is 5.46. The minimum Gasteiger partial charge on any atom is -0.496 e. The number of hydrogen-bond acceptors (Lipinski definition) is 3. The number of thioether (sulfide) groups is 1. The van der Waals surface area contributed by atoms with Crippen molar-refractivity contribution in [1.29, 1.82) is 0 Å². The summed E-state index contributed by atoms with van der Waals surface area (Å²) in [4.78, 5) is 0. The van der Waals surface area contributed by atoms with Gasteiger partial charge >= 0.3 is 0 Å². The van der Waals surface area contributed by atoms with Crippen molar-refractivity contribution in [1.82, 2.24) is 5.32 Å². The fraction of sp³-hybridized carbons (Fsp3) is 0.625. The molecule has 0 aromatic heterocycles. The number of ether oxygens (including phenoxy) is 1. The number of rotatable bonds is 4. The van der Waals surface area contributed by atoms with E-state index in [4.69, 9.17) is 4.74 Å². The summed E-state index contributed by atoms with van der Waals surface area (Å²) in [6, 6.07) is 9.17. The average molecular weight is 279 g/mol. The second-order valence-corrected chi connectivity index (χ2v) is 7.15. The van der Waals surface area contributed by atoms with Crippen LogP contribution >= 0.6 is 11.8 Å². The molecule has 106 valence electrons. The van der Waals surface area contributed by atoms with Gasteiger partial charge < -0.3 is 10.1 Å². The Bertz CT molecular complexity index is 419. The van der Waals surface area contributed by atoms with Crippen molar-refractivity contribution < 1.29 is 4.74 Å². The monoisotopic (exact) mass is 279 g/mol. The normalized spacial score (nSPS) is 23.9. The van der Waals surface area contributed by atoms with Crippen LogP contribution in [0.4, 0.5) is 0 Å². The van der Waals surface area contributed by atoms with Gasteiger partial charge in [-0.25, -0.2) is 0 Å². The summed E-state index contributed by atoms with van der Waals surface area (Å²) in [6.07, 6.45) is 1.29. The molecule has 19 heavy (non-hydrogen) atoms. The van der Waals surface area contributed by atoms with E-state index in [-0.39, 0.29) is 0 Å². The Kier molecular flexibility index (Phi) is 4.80. The first-order valence-electron chi connectivity index (χ1n) is 7.01. The standard InChI is InChI=1S/C16H25NOS/c1-12(13-7-5-6-8-14(13)18-4)17-15-11-19-10-9-16(15,2)3/h5-8,12,15,17H,9-11H2,1-4H3/t12-,15?/m0/s1. The Labute approximate surface area is 121 Å². The maximum Gasteiger partial charge on any atom is 0.123 e. The van der Waals surface area contributed by atoms with Gasteiger partial charge in [-0.2, -0.15) is 11.8 Å². The summed E-state index contributed by atoms with van der Waals surface area (Å²) in [5.74, 6) is 3.46. The van der Waals surface area contributed by atoms with Crippen LogP contribution in [0.2, 0.25) is 0 Å². The molecule has 0 amide bonds. The zero-order valence-corrected chi connectivity index (χ0v) is 13.2. The van der Waals surface area contributed by atoms with Crippen LogP contribution < -0.4 is 10.1 Å². The van der Waals surface area contributed by atoms with Crippen LogP contribution in [0.3, 0.4) is 0 Å². The molecule has 1 unspecified atom stereocenters. The van der Waals surface area contributed by atoms with E-state index in [1.807, 2.05) is 12.1 Å². The minimum absolute atomic E-state index is 0.319. The van der Waals surface area contributed by atoms with Crippen LogP contribution in [-0.4, -0.2) is 24.7 Å². The molecule has 1 N–H and O–H groups in total. The number of benzene rings is 1. The molecule has 1 fully saturated rings. The van der Waals surface area contributed by atoms with Crippen LogP contribution in [0, 0.1) is 5.41 Å². The van der Waals surface area contributed by atoms with Crippen molar-refractivity contribution in [2.45, 2.75) is 39.3 Å². The number of methoxy groups -OCH3 is 1. The average Bonchev–Trinajstić information content (AvgIpc) is 2.41. The zero-order chi connectivity index (χ0) is 13.9. The molecule has 0 bridgehead atoms. The molecule has 2 rings (SSSR count). The molecule has 1 aliphatic heterocycles. The van der Waals surface area contributed by atoms with Gasteiger partial charge in [0.25, 0.3) is 0 Å². The van der Waals surface area contributed by atoms with E-state index in [2.05, 4.69) is 50.0 Å². The van der Waals surface area contributed by atoms with Gasteiger partial charge in [0.15, 0.2) is 0 Å². The third-order valence-electron chi connectivity index (χ3n) is 4.18. The molecule has 1 aromatic carbocycles. The molecule has 0 saturated carbocycles. The van der Waals surface area contributed by atoms with Crippen molar-refractivity contribution in [3.63, 3.8) is 0 Å². The van der Waals surface area contributed by atoms with Crippen molar-refractivity contribution >= 4 is 11.8 Å². The Morgan fingerprint density at radius 2 is 2.11 bits per heavy atom. The third-order valence-corrected chi connectivity index (χ3v) is 5.24. The second-order valence-electron chi connectivity index (χ2n) is 6.00. The predicted molar refractivity (Wildman–Crippen MR) is 84.1 cm³/mol. The van der Waals surface area contributed by atoms with E-state index in [0.717, 1.165) is 5.75 Å². The first kappa shape index (κ1) is 14.7. The molecule has 1 aromatic rings. The number of nitrogens with one attached hydrogen (secondary N) is 1. The third kappa shape index (κ3) is 3.46. The van der Waals surface area contributed by atoms with Crippen LogP contribution in [-0.2, 0) is 0 Å². The molecule has 0 radical (unpaired) electrons. The largest absolute Gasteiger partial charge is 0.496 e. The Balaban J connectivity index is 2.09. The highest BCUT2D eigenvalue weighted by atomic mass is 32.2. The minimum atomic E-state index is 0.319. The zero-order valence-electron chi connectivity index (χ0n) is 12.4. The lowest BCUT2D eigenvalue weighted by atomic mass is 9.81. The first-order chi connectivity index (χ1) is 9.04. The van der Waals surface area contributed by atoms with Gasteiger partial charge in [-0.15, -0.1) is 0 Å². The molecule has 2 nitrogen and oxygen atoms in total. The van der Waals surface area contributed by atoms with Crippen molar-refractivity contribution in [3.05, 3.63) is 29.8 Å². The van der Waals surface area contributed by atoms with Crippen LogP contribution in [0.15, 0.2) is 24.3 Å². The lowest BCUT2D eigenvalue weighted by Crippen LogP contribution is -2.47. The van der Waals surface area contributed by atoms with E-state index in [1.54, 1.807) is 7.11 Å². The van der Waals surface area contributed by atoms with E-state index in [0.29, 0.717) is 17.5 Å². The predicted octanol–water partition coefficient (Wildman–Crippen LogP) is 3.88.